The van der Waals surface area contributed by atoms with E-state index in [1.165, 1.54) is 63.6 Å². The highest BCUT2D eigenvalue weighted by Crippen LogP contribution is 2.44. The van der Waals surface area contributed by atoms with E-state index in [9.17, 15) is 0 Å². The van der Waals surface area contributed by atoms with Gasteiger partial charge in [-0.25, -0.2) is 0 Å². The van der Waals surface area contributed by atoms with Crippen LogP contribution in [0.5, 0.6) is 0 Å². The average molecular weight is 356 g/mol. The molecule has 2 aromatic carbocycles. The first-order valence-corrected chi connectivity index (χ1v) is 9.74. The molecule has 1 heterocycles. The molecule has 4 rings (SSSR count). The largest absolute Gasteiger partial charge is 0.294 e. The van der Waals surface area contributed by atoms with Crippen molar-refractivity contribution in [3.05, 3.63) is 71.8 Å². The third kappa shape index (κ3) is 3.78. The molecule has 134 valence electrons. The van der Waals surface area contributed by atoms with Crippen molar-refractivity contribution in [2.45, 2.75) is 56.4 Å². The molecule has 2 aliphatic rings. The Labute approximate surface area is 158 Å². The van der Waals surface area contributed by atoms with E-state index >= 15 is 0 Å². The van der Waals surface area contributed by atoms with Crippen LogP contribution in [-0.4, -0.2) is 18.0 Å². The third-order valence-electron chi connectivity index (χ3n) is 6.36. The standard InChI is InChI=1S/C23H29N.ClH/c1-4-10-20(11-5-1)21-14-18-24(19-15-21)23(16-8-3-9-17-23)22-12-6-2-7-13-22;/h1-2,4-7,10-13,21H,3,8-9,14-19H2;1H. The maximum atomic E-state index is 2.83. The van der Waals surface area contributed by atoms with Gasteiger partial charge in [-0.3, -0.25) is 4.90 Å². The summed E-state index contributed by atoms with van der Waals surface area (Å²) < 4.78 is 0. The van der Waals surface area contributed by atoms with Crippen LogP contribution in [0.2, 0.25) is 0 Å². The van der Waals surface area contributed by atoms with E-state index in [2.05, 4.69) is 65.6 Å². The van der Waals surface area contributed by atoms with Crippen molar-refractivity contribution < 1.29 is 0 Å². The lowest BCUT2D eigenvalue weighted by molar-refractivity contribution is 0.0255. The number of nitrogens with zero attached hydrogens (tertiary/aromatic N) is 1. The van der Waals surface area contributed by atoms with Gasteiger partial charge in [-0.05, 0) is 55.8 Å². The molecule has 2 heteroatoms. The summed E-state index contributed by atoms with van der Waals surface area (Å²) >= 11 is 0. The van der Waals surface area contributed by atoms with E-state index in [0.717, 1.165) is 5.92 Å². The van der Waals surface area contributed by atoms with E-state index in [4.69, 9.17) is 0 Å². The Bertz CT molecular complexity index is 626. The van der Waals surface area contributed by atoms with E-state index in [1.54, 1.807) is 5.56 Å². The molecule has 2 aromatic rings. The second-order valence-electron chi connectivity index (χ2n) is 7.63. The molecule has 0 amide bonds. The Kier molecular flexibility index (Phi) is 6.19. The second-order valence-corrected chi connectivity index (χ2v) is 7.63. The zero-order valence-corrected chi connectivity index (χ0v) is 15.9. The highest BCUT2D eigenvalue weighted by molar-refractivity contribution is 5.85. The number of benzene rings is 2. The Morgan fingerprint density at radius 3 is 1.88 bits per heavy atom. The number of hydrogen-bond donors (Lipinski definition) is 0. The fraction of sp³-hybridized carbons (Fsp3) is 0.478. The van der Waals surface area contributed by atoms with Crippen molar-refractivity contribution in [3.63, 3.8) is 0 Å². The van der Waals surface area contributed by atoms with Crippen LogP contribution in [0.1, 0.15) is 62.0 Å². The van der Waals surface area contributed by atoms with Gasteiger partial charge in [0.2, 0.25) is 0 Å². The van der Waals surface area contributed by atoms with Gasteiger partial charge < -0.3 is 0 Å². The lowest BCUT2D eigenvalue weighted by Crippen LogP contribution is -2.50. The van der Waals surface area contributed by atoms with Gasteiger partial charge in [0.05, 0.1) is 0 Å². The number of halogens is 1. The second kappa shape index (κ2) is 8.38. The van der Waals surface area contributed by atoms with E-state index in [1.807, 2.05) is 0 Å². The zero-order chi connectivity index (χ0) is 16.2. The SMILES string of the molecule is Cl.c1ccc(C2CCN(C3(c4ccccc4)CCCCC3)CC2)cc1. The summed E-state index contributed by atoms with van der Waals surface area (Å²) in [7, 11) is 0. The normalized spacial score (nSPS) is 21.4. The Balaban J connectivity index is 0.00000182. The molecule has 0 N–H and O–H groups in total. The van der Waals surface area contributed by atoms with Crippen LogP contribution in [0.4, 0.5) is 0 Å². The van der Waals surface area contributed by atoms with Crippen LogP contribution in [-0.2, 0) is 5.54 Å². The van der Waals surface area contributed by atoms with Crippen LogP contribution in [0.15, 0.2) is 60.7 Å². The number of hydrogen-bond acceptors (Lipinski definition) is 1. The molecule has 1 aliphatic carbocycles. The predicted octanol–water partition coefficient (Wildman–Crippen LogP) is 6.15. The maximum absolute atomic E-state index is 2.83. The van der Waals surface area contributed by atoms with Gasteiger partial charge in [0.25, 0.3) is 0 Å². The van der Waals surface area contributed by atoms with Crippen molar-refractivity contribution in [2.24, 2.45) is 0 Å². The number of rotatable bonds is 3. The average Bonchev–Trinajstić information content (AvgIpc) is 2.70. The van der Waals surface area contributed by atoms with Crippen LogP contribution < -0.4 is 0 Å². The van der Waals surface area contributed by atoms with Crippen LogP contribution in [0, 0.1) is 0 Å². The van der Waals surface area contributed by atoms with Gasteiger partial charge in [0.1, 0.15) is 0 Å². The molecule has 0 spiro atoms. The zero-order valence-electron chi connectivity index (χ0n) is 15.1. The molecule has 0 atom stereocenters. The summed E-state index contributed by atoms with van der Waals surface area (Å²) in [6.07, 6.45) is 9.47. The van der Waals surface area contributed by atoms with E-state index in [0.29, 0.717) is 5.54 Å². The lowest BCUT2D eigenvalue weighted by atomic mass is 9.73. The number of likely N-dealkylation sites (tertiary alicyclic amines) is 1. The smallest absolute Gasteiger partial charge is 0.0460 e. The van der Waals surface area contributed by atoms with Crippen molar-refractivity contribution in [2.75, 3.05) is 13.1 Å². The summed E-state index contributed by atoms with van der Waals surface area (Å²) in [5.74, 6) is 0.749. The first-order valence-electron chi connectivity index (χ1n) is 9.74. The van der Waals surface area contributed by atoms with Gasteiger partial charge in [0.15, 0.2) is 0 Å². The van der Waals surface area contributed by atoms with Crippen molar-refractivity contribution in [1.82, 2.24) is 4.90 Å². The molecule has 0 unspecified atom stereocenters. The summed E-state index contributed by atoms with van der Waals surface area (Å²) in [5.41, 5.74) is 3.40. The summed E-state index contributed by atoms with van der Waals surface area (Å²) in [6.45, 7) is 2.49. The fourth-order valence-electron chi connectivity index (χ4n) is 5.04. The highest BCUT2D eigenvalue weighted by Gasteiger charge is 2.40. The molecule has 1 saturated heterocycles. The molecule has 0 radical (unpaired) electrons. The minimum atomic E-state index is 0. The molecule has 0 aromatic heterocycles. The molecule has 1 saturated carbocycles. The Hall–Kier alpha value is -1.31. The van der Waals surface area contributed by atoms with Crippen molar-refractivity contribution in [1.29, 1.82) is 0 Å². The fourth-order valence-corrected chi connectivity index (χ4v) is 5.04. The first-order chi connectivity index (χ1) is 11.9. The molecule has 0 bridgehead atoms. The molecule has 1 aliphatic heterocycles. The molecule has 25 heavy (non-hydrogen) atoms. The van der Waals surface area contributed by atoms with Gasteiger partial charge in [-0.15, -0.1) is 12.4 Å². The quantitative estimate of drug-likeness (QED) is 0.638. The van der Waals surface area contributed by atoms with Crippen LogP contribution in [0.3, 0.4) is 0 Å². The minimum Gasteiger partial charge on any atom is -0.294 e. The Morgan fingerprint density at radius 1 is 0.720 bits per heavy atom. The highest BCUT2D eigenvalue weighted by atomic mass is 35.5. The van der Waals surface area contributed by atoms with Crippen LogP contribution >= 0.6 is 12.4 Å². The van der Waals surface area contributed by atoms with Crippen LogP contribution in [0.25, 0.3) is 0 Å². The summed E-state index contributed by atoms with van der Waals surface area (Å²) in [6, 6.07) is 22.5. The third-order valence-corrected chi connectivity index (χ3v) is 6.36. The van der Waals surface area contributed by atoms with Crippen molar-refractivity contribution >= 4 is 12.4 Å². The lowest BCUT2D eigenvalue weighted by Gasteiger charge is -2.50. The summed E-state index contributed by atoms with van der Waals surface area (Å²) in [4.78, 5) is 2.83. The topological polar surface area (TPSA) is 3.24 Å². The van der Waals surface area contributed by atoms with Crippen molar-refractivity contribution in [3.8, 4) is 0 Å². The molecular formula is C23H30ClN. The van der Waals surface area contributed by atoms with E-state index < -0.39 is 0 Å². The summed E-state index contributed by atoms with van der Waals surface area (Å²) in [5, 5.41) is 0. The van der Waals surface area contributed by atoms with Gasteiger partial charge >= 0.3 is 0 Å². The maximum Gasteiger partial charge on any atom is 0.0460 e. The molecular weight excluding hydrogens is 326 g/mol. The van der Waals surface area contributed by atoms with Gasteiger partial charge in [-0.2, -0.15) is 0 Å². The molecule has 1 nitrogen and oxygen atoms in total. The predicted molar refractivity (Wildman–Crippen MR) is 108 cm³/mol. The van der Waals surface area contributed by atoms with Gasteiger partial charge in [0, 0.05) is 5.54 Å². The first kappa shape index (κ1) is 18.5. The number of piperidine rings is 1. The molecule has 2 fully saturated rings. The minimum absolute atomic E-state index is 0. The van der Waals surface area contributed by atoms with Gasteiger partial charge in [-0.1, -0.05) is 79.9 Å². The monoisotopic (exact) mass is 355 g/mol. The van der Waals surface area contributed by atoms with E-state index in [-0.39, 0.29) is 12.4 Å². The Morgan fingerprint density at radius 2 is 1.28 bits per heavy atom.